The topological polar surface area (TPSA) is 66.5 Å². The van der Waals surface area contributed by atoms with E-state index in [1.54, 1.807) is 18.2 Å². The van der Waals surface area contributed by atoms with Crippen molar-refractivity contribution in [2.45, 2.75) is 36.1 Å². The van der Waals surface area contributed by atoms with Crippen LogP contribution < -0.4 is 5.32 Å². The molecule has 0 saturated carbocycles. The van der Waals surface area contributed by atoms with Gasteiger partial charge in [0.15, 0.2) is 9.84 Å². The molecule has 31 heavy (non-hydrogen) atoms. The first-order valence-corrected chi connectivity index (χ1v) is 13.0. The standard InChI is InChI=1S/C24H24N2O3S2/c27-24(25-19-10-12-26(13-11-19)15-17-6-2-1-3-7-17)21-14-18-16-31(28,29)22-9-5-4-8-20(22)23(18)30-21/h1-9,14,19H,10-13,15-16H2,(H,25,27). The quantitative estimate of drug-likeness (QED) is 0.647. The van der Waals surface area contributed by atoms with Crippen molar-refractivity contribution < 1.29 is 13.2 Å². The number of hydrogen-bond acceptors (Lipinski definition) is 5. The Labute approximate surface area is 186 Å². The summed E-state index contributed by atoms with van der Waals surface area (Å²) in [6, 6.07) is 19.4. The Morgan fingerprint density at radius 2 is 1.74 bits per heavy atom. The predicted molar refractivity (Wildman–Crippen MR) is 123 cm³/mol. The second-order valence-electron chi connectivity index (χ2n) is 8.23. The lowest BCUT2D eigenvalue weighted by molar-refractivity contribution is 0.0913. The van der Waals surface area contributed by atoms with Crippen LogP contribution in [-0.4, -0.2) is 38.4 Å². The van der Waals surface area contributed by atoms with E-state index >= 15 is 0 Å². The molecule has 1 N–H and O–H groups in total. The van der Waals surface area contributed by atoms with Gasteiger partial charge >= 0.3 is 0 Å². The third-order valence-electron chi connectivity index (χ3n) is 6.02. The zero-order chi connectivity index (χ0) is 21.4. The summed E-state index contributed by atoms with van der Waals surface area (Å²) in [6.45, 7) is 2.84. The van der Waals surface area contributed by atoms with Crippen molar-refractivity contribution in [3.63, 3.8) is 0 Å². The molecule has 0 aliphatic carbocycles. The summed E-state index contributed by atoms with van der Waals surface area (Å²) in [5.41, 5.74) is 2.75. The molecule has 1 amide bonds. The lowest BCUT2D eigenvalue weighted by atomic mass is 10.0. The van der Waals surface area contributed by atoms with Gasteiger partial charge in [-0.05, 0) is 36.1 Å². The van der Waals surface area contributed by atoms with E-state index in [0.717, 1.165) is 42.9 Å². The van der Waals surface area contributed by atoms with Gasteiger partial charge in [0.2, 0.25) is 0 Å². The molecule has 3 heterocycles. The smallest absolute Gasteiger partial charge is 0.261 e. The number of piperidine rings is 1. The minimum atomic E-state index is -3.36. The van der Waals surface area contributed by atoms with Crippen LogP contribution >= 0.6 is 11.3 Å². The Hall–Kier alpha value is -2.48. The zero-order valence-corrected chi connectivity index (χ0v) is 18.7. The minimum absolute atomic E-state index is 0.0407. The van der Waals surface area contributed by atoms with Gasteiger partial charge in [-0.15, -0.1) is 11.3 Å². The van der Waals surface area contributed by atoms with Crippen molar-refractivity contribution in [3.05, 3.63) is 76.7 Å². The first-order chi connectivity index (χ1) is 15.0. The number of benzene rings is 2. The summed E-state index contributed by atoms with van der Waals surface area (Å²) in [5.74, 6) is -0.142. The fraction of sp³-hybridized carbons (Fsp3) is 0.292. The number of carbonyl (C=O) groups excluding carboxylic acids is 1. The number of carbonyl (C=O) groups is 1. The molecular weight excluding hydrogens is 428 g/mol. The number of amides is 1. The lowest BCUT2D eigenvalue weighted by Crippen LogP contribution is -2.44. The Kier molecular flexibility index (Phi) is 5.42. The third kappa shape index (κ3) is 4.18. The van der Waals surface area contributed by atoms with Crippen LogP contribution in [0.4, 0.5) is 0 Å². The molecule has 0 spiro atoms. The molecule has 0 unspecified atom stereocenters. The van der Waals surface area contributed by atoms with E-state index in [4.69, 9.17) is 0 Å². The SMILES string of the molecule is O=C(NC1CCN(Cc2ccccc2)CC1)c1cc2c(s1)-c1ccccc1S(=O)(=O)C2. The van der Waals surface area contributed by atoms with Gasteiger partial charge in [-0.3, -0.25) is 9.69 Å². The van der Waals surface area contributed by atoms with Gasteiger partial charge in [0.25, 0.3) is 5.91 Å². The molecule has 0 bridgehead atoms. The van der Waals surface area contributed by atoms with E-state index in [2.05, 4.69) is 34.5 Å². The van der Waals surface area contributed by atoms with Crippen molar-refractivity contribution in [1.82, 2.24) is 10.2 Å². The molecule has 7 heteroatoms. The van der Waals surface area contributed by atoms with E-state index < -0.39 is 9.84 Å². The molecule has 2 aliphatic rings. The molecule has 2 aliphatic heterocycles. The van der Waals surface area contributed by atoms with Gasteiger partial charge in [0.05, 0.1) is 15.5 Å². The fourth-order valence-corrected chi connectivity index (χ4v) is 7.28. The summed E-state index contributed by atoms with van der Waals surface area (Å²) in [7, 11) is -3.36. The molecule has 1 aromatic heterocycles. The molecule has 1 saturated heterocycles. The van der Waals surface area contributed by atoms with Crippen molar-refractivity contribution in [1.29, 1.82) is 0 Å². The normalized spacial score (nSPS) is 18.2. The first kappa shape index (κ1) is 20.4. The Balaban J connectivity index is 1.25. The first-order valence-electron chi connectivity index (χ1n) is 10.5. The van der Waals surface area contributed by atoms with E-state index in [0.29, 0.717) is 15.3 Å². The van der Waals surface area contributed by atoms with Gasteiger partial charge in [0, 0.05) is 36.1 Å². The fourth-order valence-electron chi connectivity index (χ4n) is 4.42. The Bertz CT molecular complexity index is 1210. The maximum Gasteiger partial charge on any atom is 0.261 e. The monoisotopic (exact) mass is 452 g/mol. The largest absolute Gasteiger partial charge is 0.349 e. The van der Waals surface area contributed by atoms with Crippen LogP contribution in [0.1, 0.15) is 33.6 Å². The van der Waals surface area contributed by atoms with Crippen LogP contribution in [0.2, 0.25) is 0 Å². The minimum Gasteiger partial charge on any atom is -0.349 e. The second-order valence-corrected chi connectivity index (χ2v) is 11.2. The predicted octanol–water partition coefficient (Wildman–Crippen LogP) is 4.10. The van der Waals surface area contributed by atoms with Gasteiger partial charge < -0.3 is 5.32 Å². The van der Waals surface area contributed by atoms with E-state index in [-0.39, 0.29) is 17.7 Å². The number of nitrogens with zero attached hydrogens (tertiary/aromatic N) is 1. The lowest BCUT2D eigenvalue weighted by Gasteiger charge is -2.32. The zero-order valence-electron chi connectivity index (χ0n) is 17.1. The highest BCUT2D eigenvalue weighted by Gasteiger charge is 2.31. The highest BCUT2D eigenvalue weighted by atomic mass is 32.2. The number of fused-ring (bicyclic) bond motifs is 3. The number of sulfone groups is 1. The molecule has 0 atom stereocenters. The van der Waals surface area contributed by atoms with Crippen molar-refractivity contribution in [3.8, 4) is 10.4 Å². The second kappa shape index (κ2) is 8.22. The summed E-state index contributed by atoms with van der Waals surface area (Å²) < 4.78 is 25.2. The van der Waals surface area contributed by atoms with E-state index in [1.165, 1.54) is 16.9 Å². The molecule has 160 valence electrons. The van der Waals surface area contributed by atoms with Gasteiger partial charge in [-0.1, -0.05) is 48.5 Å². The number of likely N-dealkylation sites (tertiary alicyclic amines) is 1. The molecule has 5 nitrogen and oxygen atoms in total. The molecule has 0 radical (unpaired) electrons. The van der Waals surface area contributed by atoms with Gasteiger partial charge in [-0.25, -0.2) is 8.42 Å². The van der Waals surface area contributed by atoms with Gasteiger partial charge in [0.1, 0.15) is 0 Å². The number of nitrogens with one attached hydrogen (secondary N) is 1. The van der Waals surface area contributed by atoms with Crippen molar-refractivity contribution in [2.24, 2.45) is 0 Å². The average Bonchev–Trinajstić information content (AvgIpc) is 3.19. The van der Waals surface area contributed by atoms with Crippen molar-refractivity contribution in [2.75, 3.05) is 13.1 Å². The average molecular weight is 453 g/mol. The molecule has 5 rings (SSSR count). The highest BCUT2D eigenvalue weighted by molar-refractivity contribution is 7.91. The van der Waals surface area contributed by atoms with Crippen molar-refractivity contribution >= 4 is 27.1 Å². The molecule has 3 aromatic rings. The maximum absolute atomic E-state index is 12.9. The van der Waals surface area contributed by atoms with E-state index in [1.807, 2.05) is 18.2 Å². The third-order valence-corrected chi connectivity index (χ3v) is 8.94. The molecule has 2 aromatic carbocycles. The van der Waals surface area contributed by atoms with Crippen LogP contribution in [0.3, 0.4) is 0 Å². The Morgan fingerprint density at radius 1 is 1.03 bits per heavy atom. The number of rotatable bonds is 4. The summed E-state index contributed by atoms with van der Waals surface area (Å²) >= 11 is 1.39. The highest BCUT2D eigenvalue weighted by Crippen LogP contribution is 2.42. The molecule has 1 fully saturated rings. The molecular formula is C24H24N2O3S2. The van der Waals surface area contributed by atoms with Crippen LogP contribution in [0.25, 0.3) is 10.4 Å². The van der Waals surface area contributed by atoms with Crippen LogP contribution in [-0.2, 0) is 22.1 Å². The van der Waals surface area contributed by atoms with Crippen LogP contribution in [0.5, 0.6) is 0 Å². The summed E-state index contributed by atoms with van der Waals surface area (Å²) in [4.78, 5) is 17.2. The number of hydrogen-bond donors (Lipinski definition) is 1. The maximum atomic E-state index is 12.9. The summed E-state index contributed by atoms with van der Waals surface area (Å²) in [5, 5.41) is 3.17. The number of thiophene rings is 1. The van der Waals surface area contributed by atoms with Crippen LogP contribution in [0.15, 0.2) is 65.6 Å². The van der Waals surface area contributed by atoms with Gasteiger partial charge in [-0.2, -0.15) is 0 Å². The van der Waals surface area contributed by atoms with E-state index in [9.17, 15) is 13.2 Å². The summed E-state index contributed by atoms with van der Waals surface area (Å²) in [6.07, 6.45) is 1.84. The van der Waals surface area contributed by atoms with Crippen LogP contribution in [0, 0.1) is 0 Å². The Morgan fingerprint density at radius 3 is 2.52 bits per heavy atom.